The van der Waals surface area contributed by atoms with Gasteiger partial charge in [-0.05, 0) is 12.8 Å². The molecule has 0 aliphatic carbocycles. The smallest absolute Gasteiger partial charge is 0.364 e. The molecular formula is C44H85N2O7+. The Morgan fingerprint density at radius 1 is 0.491 bits per heavy atom. The molecule has 0 saturated heterocycles. The number of carboxylic acids is 1. The lowest BCUT2D eigenvalue weighted by Crippen LogP contribution is -2.65. The van der Waals surface area contributed by atoms with E-state index in [1.54, 1.807) is 0 Å². The van der Waals surface area contributed by atoms with Gasteiger partial charge in [-0.15, -0.1) is 0 Å². The fraction of sp³-hybridized carbons (Fsp3) is 0.909. The second kappa shape index (κ2) is 39.5. The summed E-state index contributed by atoms with van der Waals surface area (Å²) < 4.78 is 10.8. The van der Waals surface area contributed by atoms with Gasteiger partial charge in [-0.2, -0.15) is 0 Å². The molecule has 0 bridgehead atoms. The maximum atomic E-state index is 12.7. The van der Waals surface area contributed by atoms with Crippen molar-refractivity contribution in [3.05, 3.63) is 0 Å². The number of nitrogens with one attached hydrogen (secondary N) is 1. The molecular weight excluding hydrogens is 668 g/mol. The summed E-state index contributed by atoms with van der Waals surface area (Å²) in [6.45, 7) is 4.29. The van der Waals surface area contributed by atoms with Crippen LogP contribution in [-0.2, 0) is 28.7 Å². The first-order valence-electron chi connectivity index (χ1n) is 22.5. The van der Waals surface area contributed by atoms with Gasteiger partial charge in [0.25, 0.3) is 0 Å². The maximum Gasteiger partial charge on any atom is 0.364 e. The monoisotopic (exact) mass is 754 g/mol. The van der Waals surface area contributed by atoms with Crippen molar-refractivity contribution in [2.24, 2.45) is 0 Å². The molecule has 0 aromatic rings. The second-order valence-corrected chi connectivity index (χ2v) is 15.6. The predicted molar refractivity (Wildman–Crippen MR) is 216 cm³/mol. The number of aliphatic carboxylic acids is 1. The number of rotatable bonds is 41. The average molecular weight is 754 g/mol. The number of quaternary nitrogens is 1. The molecule has 2 atom stereocenters. The van der Waals surface area contributed by atoms with Gasteiger partial charge in [-0.1, -0.05) is 194 Å². The van der Waals surface area contributed by atoms with Crippen molar-refractivity contribution < 1.29 is 39.5 Å². The Morgan fingerprint density at radius 2 is 0.830 bits per heavy atom. The first-order valence-corrected chi connectivity index (χ1v) is 22.5. The SMILES string of the molecule is CCCCCCCCCCCCCCCCCC(=O)NC(COC(=O)CCCCCCCCCCCCCCCCC)COC(=O)C([NH3+])CCC(=O)O. The van der Waals surface area contributed by atoms with Gasteiger partial charge in [0.1, 0.15) is 13.2 Å². The molecule has 2 unspecified atom stereocenters. The fourth-order valence-electron chi connectivity index (χ4n) is 6.71. The van der Waals surface area contributed by atoms with Gasteiger partial charge < -0.3 is 25.6 Å². The van der Waals surface area contributed by atoms with Crippen LogP contribution in [0, 0.1) is 0 Å². The van der Waals surface area contributed by atoms with Crippen molar-refractivity contribution in [2.75, 3.05) is 13.2 Å². The van der Waals surface area contributed by atoms with Crippen LogP contribution in [0.2, 0.25) is 0 Å². The fourth-order valence-corrected chi connectivity index (χ4v) is 6.71. The topological polar surface area (TPSA) is 147 Å². The van der Waals surface area contributed by atoms with E-state index in [1.165, 1.54) is 154 Å². The lowest BCUT2D eigenvalue weighted by atomic mass is 10.0. The summed E-state index contributed by atoms with van der Waals surface area (Å²) in [6, 6.07) is -1.49. The molecule has 9 heteroatoms. The third-order valence-electron chi connectivity index (χ3n) is 10.3. The number of esters is 2. The van der Waals surface area contributed by atoms with E-state index in [0.29, 0.717) is 12.8 Å². The van der Waals surface area contributed by atoms with Gasteiger partial charge in [0, 0.05) is 19.3 Å². The third kappa shape index (κ3) is 37.9. The van der Waals surface area contributed by atoms with Crippen LogP contribution in [-0.4, -0.2) is 54.2 Å². The highest BCUT2D eigenvalue weighted by molar-refractivity contribution is 5.77. The Labute approximate surface area is 325 Å². The summed E-state index contributed by atoms with van der Waals surface area (Å²) in [5, 5.41) is 11.8. The van der Waals surface area contributed by atoms with E-state index in [-0.39, 0.29) is 37.9 Å². The van der Waals surface area contributed by atoms with Crippen molar-refractivity contribution in [2.45, 2.75) is 244 Å². The van der Waals surface area contributed by atoms with Crippen molar-refractivity contribution in [1.29, 1.82) is 0 Å². The molecule has 0 aliphatic rings. The molecule has 5 N–H and O–H groups in total. The summed E-state index contributed by atoms with van der Waals surface area (Å²) in [5.41, 5.74) is 3.71. The van der Waals surface area contributed by atoms with Gasteiger partial charge in [0.15, 0.2) is 6.04 Å². The van der Waals surface area contributed by atoms with Crippen LogP contribution in [0.1, 0.15) is 232 Å². The minimum atomic E-state index is -1.00. The van der Waals surface area contributed by atoms with E-state index in [2.05, 4.69) is 24.9 Å². The second-order valence-electron chi connectivity index (χ2n) is 15.6. The van der Waals surface area contributed by atoms with Crippen molar-refractivity contribution in [3.8, 4) is 0 Å². The number of hydrogen-bond acceptors (Lipinski definition) is 6. The molecule has 0 rings (SSSR count). The van der Waals surface area contributed by atoms with Crippen molar-refractivity contribution in [1.82, 2.24) is 5.32 Å². The Bertz CT molecular complexity index is 869. The quantitative estimate of drug-likeness (QED) is 0.0416. The maximum absolute atomic E-state index is 12.7. The molecule has 0 aromatic heterocycles. The number of ether oxygens (including phenoxy) is 2. The molecule has 0 fully saturated rings. The summed E-state index contributed by atoms with van der Waals surface area (Å²) >= 11 is 0. The standard InChI is InChI=1S/C44H84N2O7/c1-3-5-7-9-11-13-15-17-19-21-23-25-27-29-31-33-41(47)46-39(38-53-44(51)40(45)35-36-42(48)49)37-52-43(50)34-32-30-28-26-24-22-20-18-16-14-12-10-8-6-4-2/h39-40H,3-38,45H2,1-2H3,(H,46,47)(H,48,49)/p+1. The van der Waals surface area contributed by atoms with Gasteiger partial charge >= 0.3 is 17.9 Å². The van der Waals surface area contributed by atoms with Crippen LogP contribution in [0.25, 0.3) is 0 Å². The van der Waals surface area contributed by atoms with E-state index in [9.17, 15) is 19.2 Å². The molecule has 0 radical (unpaired) electrons. The normalized spacial score (nSPS) is 12.4. The number of carbonyl (C=O) groups excluding carboxylic acids is 3. The van der Waals surface area contributed by atoms with Crippen LogP contribution in [0.15, 0.2) is 0 Å². The van der Waals surface area contributed by atoms with E-state index in [4.69, 9.17) is 14.6 Å². The summed E-state index contributed by atoms with van der Waals surface area (Å²) in [4.78, 5) is 48.5. The Hall–Kier alpha value is -2.16. The number of hydrogen-bond donors (Lipinski definition) is 3. The van der Waals surface area contributed by atoms with Crippen LogP contribution in [0.4, 0.5) is 0 Å². The number of carboxylic acid groups (broad SMARTS) is 1. The Kier molecular flexibility index (Phi) is 37.9. The number of amides is 1. The minimum Gasteiger partial charge on any atom is -0.481 e. The molecule has 0 spiro atoms. The van der Waals surface area contributed by atoms with Gasteiger partial charge in [-0.25, -0.2) is 4.79 Å². The molecule has 53 heavy (non-hydrogen) atoms. The van der Waals surface area contributed by atoms with E-state index < -0.39 is 24.0 Å². The van der Waals surface area contributed by atoms with Crippen LogP contribution in [0.5, 0.6) is 0 Å². The van der Waals surface area contributed by atoms with Crippen LogP contribution < -0.4 is 11.1 Å². The Balaban J connectivity index is 4.22. The van der Waals surface area contributed by atoms with Crippen LogP contribution in [0.3, 0.4) is 0 Å². The van der Waals surface area contributed by atoms with Crippen LogP contribution >= 0.6 is 0 Å². The minimum absolute atomic E-state index is 0.0681. The van der Waals surface area contributed by atoms with Crippen molar-refractivity contribution >= 4 is 23.8 Å². The highest BCUT2D eigenvalue weighted by atomic mass is 16.5. The largest absolute Gasteiger partial charge is 0.481 e. The molecule has 312 valence electrons. The zero-order chi connectivity index (χ0) is 39.0. The molecule has 9 nitrogen and oxygen atoms in total. The Morgan fingerprint density at radius 3 is 1.21 bits per heavy atom. The zero-order valence-corrected chi connectivity index (χ0v) is 34.7. The lowest BCUT2D eigenvalue weighted by Gasteiger charge is -2.19. The molecule has 1 amide bonds. The zero-order valence-electron chi connectivity index (χ0n) is 34.7. The molecule has 0 saturated carbocycles. The van der Waals surface area contributed by atoms with E-state index in [1.807, 2.05) is 0 Å². The van der Waals surface area contributed by atoms with Gasteiger partial charge in [-0.3, -0.25) is 14.4 Å². The van der Waals surface area contributed by atoms with Gasteiger partial charge in [0.2, 0.25) is 5.91 Å². The summed E-state index contributed by atoms with van der Waals surface area (Å²) in [7, 11) is 0. The summed E-state index contributed by atoms with van der Waals surface area (Å²) in [5.74, 6) is -2.10. The summed E-state index contributed by atoms with van der Waals surface area (Å²) in [6.07, 6.45) is 38.3. The van der Waals surface area contributed by atoms with Crippen molar-refractivity contribution in [3.63, 3.8) is 0 Å². The lowest BCUT2D eigenvalue weighted by molar-refractivity contribution is -0.409. The van der Waals surface area contributed by atoms with E-state index in [0.717, 1.165) is 38.5 Å². The molecule has 0 aliphatic heterocycles. The predicted octanol–water partition coefficient (Wildman–Crippen LogP) is 10.6. The third-order valence-corrected chi connectivity index (χ3v) is 10.3. The first kappa shape index (κ1) is 50.8. The highest BCUT2D eigenvalue weighted by Gasteiger charge is 2.23. The molecule has 0 aromatic carbocycles. The molecule has 0 heterocycles. The van der Waals surface area contributed by atoms with Gasteiger partial charge in [0.05, 0.1) is 12.5 Å². The first-order chi connectivity index (χ1) is 25.8. The van der Waals surface area contributed by atoms with E-state index >= 15 is 0 Å². The highest BCUT2D eigenvalue weighted by Crippen LogP contribution is 2.15. The average Bonchev–Trinajstić information content (AvgIpc) is 3.14. The number of carbonyl (C=O) groups is 4. The number of unbranched alkanes of at least 4 members (excludes halogenated alkanes) is 28.